The second-order valence-electron chi connectivity index (χ2n) is 4.66. The van der Waals surface area contributed by atoms with Gasteiger partial charge in [0.1, 0.15) is 0 Å². The highest BCUT2D eigenvalue weighted by Crippen LogP contribution is 2.03. The molecule has 0 aliphatic carbocycles. The molecular formula is C11H18N2O. The summed E-state index contributed by atoms with van der Waals surface area (Å²) >= 11 is 0. The molecule has 0 atom stereocenters. The van der Waals surface area contributed by atoms with Gasteiger partial charge in [0.15, 0.2) is 0 Å². The molecule has 0 saturated carbocycles. The zero-order valence-corrected chi connectivity index (χ0v) is 9.29. The molecule has 1 rings (SSSR count). The van der Waals surface area contributed by atoms with E-state index < -0.39 is 0 Å². The molecule has 78 valence electrons. The number of carbonyl (C=O) groups excluding carboxylic acids is 1. The van der Waals surface area contributed by atoms with Crippen molar-refractivity contribution in [2.45, 2.75) is 32.7 Å². The van der Waals surface area contributed by atoms with Crippen LogP contribution < -0.4 is 5.32 Å². The SMILES string of the molecule is Cn1ccc(CC(=O)NC(C)(C)C)c1. The molecule has 1 heterocycles. The molecule has 0 aliphatic heterocycles. The highest BCUT2D eigenvalue weighted by molar-refractivity contribution is 5.79. The van der Waals surface area contributed by atoms with Gasteiger partial charge in [-0.3, -0.25) is 4.79 Å². The Morgan fingerprint density at radius 1 is 1.50 bits per heavy atom. The lowest BCUT2D eigenvalue weighted by molar-refractivity contribution is -0.121. The molecule has 14 heavy (non-hydrogen) atoms. The molecule has 0 fully saturated rings. The van der Waals surface area contributed by atoms with E-state index in [1.165, 1.54) is 0 Å². The van der Waals surface area contributed by atoms with Gasteiger partial charge < -0.3 is 9.88 Å². The number of hydrogen-bond donors (Lipinski definition) is 1. The number of aryl methyl sites for hydroxylation is 1. The normalized spacial score (nSPS) is 11.4. The molecule has 3 nitrogen and oxygen atoms in total. The largest absolute Gasteiger partial charge is 0.357 e. The Hall–Kier alpha value is -1.25. The van der Waals surface area contributed by atoms with Crippen LogP contribution in [-0.4, -0.2) is 16.0 Å². The Labute approximate surface area is 85.1 Å². The van der Waals surface area contributed by atoms with Crippen LogP contribution in [0.2, 0.25) is 0 Å². The summed E-state index contributed by atoms with van der Waals surface area (Å²) in [6.45, 7) is 5.95. The minimum Gasteiger partial charge on any atom is -0.357 e. The second kappa shape index (κ2) is 3.86. The minimum absolute atomic E-state index is 0.0729. The van der Waals surface area contributed by atoms with Crippen LogP contribution in [0.25, 0.3) is 0 Å². The molecule has 0 aliphatic rings. The third-order valence-corrected chi connectivity index (χ3v) is 1.77. The highest BCUT2D eigenvalue weighted by Gasteiger charge is 2.13. The van der Waals surface area contributed by atoms with E-state index in [2.05, 4.69) is 5.32 Å². The van der Waals surface area contributed by atoms with Crippen molar-refractivity contribution in [2.75, 3.05) is 0 Å². The number of amides is 1. The Morgan fingerprint density at radius 2 is 2.14 bits per heavy atom. The van der Waals surface area contributed by atoms with Crippen molar-refractivity contribution in [2.24, 2.45) is 7.05 Å². The quantitative estimate of drug-likeness (QED) is 0.760. The number of nitrogens with zero attached hydrogens (tertiary/aromatic N) is 1. The van der Waals surface area contributed by atoms with E-state index >= 15 is 0 Å². The first-order valence-electron chi connectivity index (χ1n) is 4.79. The van der Waals surface area contributed by atoms with Crippen molar-refractivity contribution < 1.29 is 4.79 Å². The van der Waals surface area contributed by atoms with E-state index in [0.29, 0.717) is 6.42 Å². The summed E-state index contributed by atoms with van der Waals surface area (Å²) in [5.74, 6) is 0.0729. The number of nitrogens with one attached hydrogen (secondary N) is 1. The van der Waals surface area contributed by atoms with Crippen LogP contribution in [0.1, 0.15) is 26.3 Å². The average molecular weight is 194 g/mol. The maximum Gasteiger partial charge on any atom is 0.224 e. The molecule has 1 amide bonds. The third-order valence-electron chi connectivity index (χ3n) is 1.77. The van der Waals surface area contributed by atoms with Crippen LogP contribution in [-0.2, 0) is 18.3 Å². The lowest BCUT2D eigenvalue weighted by atomic mass is 10.1. The number of aromatic nitrogens is 1. The van der Waals surface area contributed by atoms with Crippen molar-refractivity contribution in [3.63, 3.8) is 0 Å². The van der Waals surface area contributed by atoms with Gasteiger partial charge in [0.2, 0.25) is 5.91 Å². The third kappa shape index (κ3) is 3.64. The van der Waals surface area contributed by atoms with Crippen molar-refractivity contribution in [1.82, 2.24) is 9.88 Å². The fourth-order valence-electron chi connectivity index (χ4n) is 1.31. The molecule has 0 spiro atoms. The Kier molecular flexibility index (Phi) is 2.99. The van der Waals surface area contributed by atoms with Crippen LogP contribution in [0.5, 0.6) is 0 Å². The molecule has 1 aromatic rings. The first-order valence-corrected chi connectivity index (χ1v) is 4.79. The fourth-order valence-corrected chi connectivity index (χ4v) is 1.31. The van der Waals surface area contributed by atoms with Gasteiger partial charge in [0, 0.05) is 25.0 Å². The van der Waals surface area contributed by atoms with Crippen LogP contribution in [0.15, 0.2) is 18.5 Å². The molecule has 0 unspecified atom stereocenters. The zero-order chi connectivity index (χ0) is 10.8. The molecule has 0 bridgehead atoms. The van der Waals surface area contributed by atoms with Crippen LogP contribution in [0, 0.1) is 0 Å². The molecule has 0 aromatic carbocycles. The van der Waals surface area contributed by atoms with E-state index in [1.54, 1.807) is 0 Å². The van der Waals surface area contributed by atoms with Gasteiger partial charge in [0.05, 0.1) is 6.42 Å². The first kappa shape index (κ1) is 10.8. The Morgan fingerprint density at radius 3 is 2.57 bits per heavy atom. The number of hydrogen-bond acceptors (Lipinski definition) is 1. The smallest absolute Gasteiger partial charge is 0.224 e. The zero-order valence-electron chi connectivity index (χ0n) is 9.29. The van der Waals surface area contributed by atoms with Crippen LogP contribution >= 0.6 is 0 Å². The number of rotatable bonds is 2. The van der Waals surface area contributed by atoms with Crippen molar-refractivity contribution >= 4 is 5.91 Å². The lowest BCUT2D eigenvalue weighted by Gasteiger charge is -2.20. The fraction of sp³-hybridized carbons (Fsp3) is 0.545. The topological polar surface area (TPSA) is 34.0 Å². The summed E-state index contributed by atoms with van der Waals surface area (Å²) in [7, 11) is 1.95. The monoisotopic (exact) mass is 194 g/mol. The van der Waals surface area contributed by atoms with Crippen molar-refractivity contribution in [3.05, 3.63) is 24.0 Å². The lowest BCUT2D eigenvalue weighted by Crippen LogP contribution is -2.41. The van der Waals surface area contributed by atoms with E-state index in [-0.39, 0.29) is 11.4 Å². The van der Waals surface area contributed by atoms with Crippen LogP contribution in [0.4, 0.5) is 0 Å². The van der Waals surface area contributed by atoms with Gasteiger partial charge in [-0.25, -0.2) is 0 Å². The van der Waals surface area contributed by atoms with E-state index in [4.69, 9.17) is 0 Å². The average Bonchev–Trinajstić information content (AvgIpc) is 2.30. The molecule has 1 N–H and O–H groups in total. The predicted octanol–water partition coefficient (Wildman–Crippen LogP) is 1.48. The summed E-state index contributed by atoms with van der Waals surface area (Å²) in [4.78, 5) is 11.5. The van der Waals surface area contributed by atoms with E-state index in [0.717, 1.165) is 5.56 Å². The maximum atomic E-state index is 11.5. The van der Waals surface area contributed by atoms with Crippen molar-refractivity contribution in [3.8, 4) is 0 Å². The molecule has 0 saturated heterocycles. The predicted molar refractivity (Wildman–Crippen MR) is 57.0 cm³/mol. The van der Waals surface area contributed by atoms with Gasteiger partial charge in [-0.2, -0.15) is 0 Å². The van der Waals surface area contributed by atoms with Crippen molar-refractivity contribution in [1.29, 1.82) is 0 Å². The summed E-state index contributed by atoms with van der Waals surface area (Å²) in [6, 6.07) is 1.96. The van der Waals surface area contributed by atoms with Gasteiger partial charge in [0.25, 0.3) is 0 Å². The summed E-state index contributed by atoms with van der Waals surface area (Å²) < 4.78 is 1.94. The van der Waals surface area contributed by atoms with Gasteiger partial charge in [-0.1, -0.05) is 0 Å². The molecule has 3 heteroatoms. The second-order valence-corrected chi connectivity index (χ2v) is 4.66. The minimum atomic E-state index is -0.147. The Bertz CT molecular complexity index is 320. The Balaban J connectivity index is 2.50. The summed E-state index contributed by atoms with van der Waals surface area (Å²) in [5.41, 5.74) is 0.903. The summed E-state index contributed by atoms with van der Waals surface area (Å²) in [6.07, 6.45) is 4.36. The van der Waals surface area contributed by atoms with Crippen LogP contribution in [0.3, 0.4) is 0 Å². The van der Waals surface area contributed by atoms with E-state index in [9.17, 15) is 4.79 Å². The molecular weight excluding hydrogens is 176 g/mol. The summed E-state index contributed by atoms with van der Waals surface area (Å²) in [5, 5.41) is 2.93. The van der Waals surface area contributed by atoms with Gasteiger partial charge in [-0.05, 0) is 32.4 Å². The van der Waals surface area contributed by atoms with E-state index in [1.807, 2.05) is 50.8 Å². The first-order chi connectivity index (χ1) is 6.37. The molecule has 0 radical (unpaired) electrons. The standard InChI is InChI=1S/C11H18N2O/c1-11(2,3)12-10(14)7-9-5-6-13(4)8-9/h5-6,8H,7H2,1-4H3,(H,12,14). The van der Waals surface area contributed by atoms with Gasteiger partial charge >= 0.3 is 0 Å². The maximum absolute atomic E-state index is 11.5. The number of carbonyl (C=O) groups is 1. The van der Waals surface area contributed by atoms with Gasteiger partial charge in [-0.15, -0.1) is 0 Å². The molecule has 1 aromatic heterocycles. The highest BCUT2D eigenvalue weighted by atomic mass is 16.1.